The van der Waals surface area contributed by atoms with Crippen LogP contribution in [0.1, 0.15) is 58.9 Å². The van der Waals surface area contributed by atoms with Gasteiger partial charge in [-0.1, -0.05) is 70.2 Å². The first-order valence-corrected chi connectivity index (χ1v) is 18.9. The fourth-order valence-electron chi connectivity index (χ4n) is 5.90. The van der Waals surface area contributed by atoms with E-state index in [4.69, 9.17) is 0 Å². The van der Waals surface area contributed by atoms with Crippen LogP contribution in [0.25, 0.3) is 24.3 Å². The van der Waals surface area contributed by atoms with Gasteiger partial charge in [0.25, 0.3) is 0 Å². The van der Waals surface area contributed by atoms with Crippen molar-refractivity contribution in [1.82, 2.24) is 0 Å². The van der Waals surface area contributed by atoms with Gasteiger partial charge in [-0.3, -0.25) is 0 Å². The zero-order valence-electron chi connectivity index (χ0n) is 29.1. The maximum Gasteiger partial charge on any atom is 0.179 e. The lowest BCUT2D eigenvalue weighted by Gasteiger charge is -2.20. The highest BCUT2D eigenvalue weighted by Crippen LogP contribution is 2.24. The quantitative estimate of drug-likeness (QED) is 0.0724. The van der Waals surface area contributed by atoms with E-state index in [9.17, 15) is 0 Å². The largest absolute Gasteiger partial charge is 0.374 e. The van der Waals surface area contributed by atoms with E-state index < -0.39 is 0 Å². The number of rotatable bonds is 15. The number of nitrogens with zero attached hydrogens (tertiary/aromatic N) is 4. The molecule has 4 nitrogen and oxygen atoms in total. The number of hydrogen-bond donors (Lipinski definition) is 0. The third kappa shape index (κ3) is 10.0. The minimum atomic E-state index is 1.01. The number of pyridine rings is 2. The van der Waals surface area contributed by atoms with Crippen LogP contribution in [0.2, 0.25) is 0 Å². The maximum absolute atomic E-state index is 2.35. The average Bonchev–Trinajstić information content (AvgIpc) is 3.04. The lowest BCUT2D eigenvalue weighted by molar-refractivity contribution is -0.705. The minimum Gasteiger partial charge on any atom is -0.374 e. The third-order valence-corrected chi connectivity index (χ3v) is 10.9. The molecule has 4 rings (SSSR count). The smallest absolute Gasteiger partial charge is 0.179 e. The molecule has 0 atom stereocenters. The third-order valence-electron chi connectivity index (χ3n) is 8.55. The monoisotopic (exact) mass is 652 g/mol. The first-order valence-electron chi connectivity index (χ1n) is 16.4. The van der Waals surface area contributed by atoms with Crippen LogP contribution in [0.4, 0.5) is 11.4 Å². The van der Waals surface area contributed by atoms with Gasteiger partial charge in [-0.15, -0.1) is 0 Å². The first kappa shape index (κ1) is 35.4. The Morgan fingerprint density at radius 2 is 0.804 bits per heavy atom. The lowest BCUT2D eigenvalue weighted by atomic mass is 10.1. The maximum atomic E-state index is 2.35. The molecule has 0 bridgehead atoms. The van der Waals surface area contributed by atoms with Crippen molar-refractivity contribution in [2.75, 3.05) is 48.5 Å². The van der Waals surface area contributed by atoms with Crippen LogP contribution in [0.15, 0.2) is 72.8 Å². The molecule has 0 fully saturated rings. The zero-order valence-corrected chi connectivity index (χ0v) is 30.7. The van der Waals surface area contributed by atoms with Crippen LogP contribution in [-0.2, 0) is 13.1 Å². The molecule has 0 aliphatic carbocycles. The Kier molecular flexibility index (Phi) is 13.4. The van der Waals surface area contributed by atoms with Gasteiger partial charge in [-0.05, 0) is 60.4 Å². The Balaban J connectivity index is 1.15. The van der Waals surface area contributed by atoms with Crippen molar-refractivity contribution in [3.8, 4) is 0 Å². The van der Waals surface area contributed by atoms with E-state index in [1.54, 1.807) is 0 Å². The van der Waals surface area contributed by atoms with Crippen molar-refractivity contribution < 1.29 is 9.13 Å². The predicted octanol–water partition coefficient (Wildman–Crippen LogP) is 8.83. The minimum absolute atomic E-state index is 1.01. The Hall–Kier alpha value is -3.48. The Bertz CT molecular complexity index is 1460. The summed E-state index contributed by atoms with van der Waals surface area (Å²) in [4.78, 5) is 4.69. The van der Waals surface area contributed by atoms with Crippen LogP contribution in [0.3, 0.4) is 0 Å². The summed E-state index contributed by atoms with van der Waals surface area (Å²) in [5.74, 6) is 2.19. The highest BCUT2D eigenvalue weighted by Gasteiger charge is 2.10. The van der Waals surface area contributed by atoms with Gasteiger partial charge in [0.15, 0.2) is 22.8 Å². The second-order valence-corrected chi connectivity index (χ2v) is 14.7. The normalized spacial score (nSPS) is 11.6. The summed E-state index contributed by atoms with van der Waals surface area (Å²) in [7, 11) is 8.30. The van der Waals surface area contributed by atoms with Gasteiger partial charge >= 0.3 is 0 Å². The van der Waals surface area contributed by atoms with E-state index in [1.165, 1.54) is 56.4 Å². The molecule has 0 spiro atoms. The van der Waals surface area contributed by atoms with Crippen molar-refractivity contribution in [3.63, 3.8) is 0 Å². The van der Waals surface area contributed by atoms with Crippen molar-refractivity contribution >= 4 is 57.3 Å². The summed E-state index contributed by atoms with van der Waals surface area (Å²) in [6.07, 6.45) is 8.84. The molecule has 6 heteroatoms. The SMILES string of the molecule is CC[n+]1c(C)cc(/C=C/c2ccc(N(C)CCSSCCN(C)c3ccc(/C=C/c4cc(C)[n+](CC)c(C)c4)cc3)cc2)cc1C. The highest BCUT2D eigenvalue weighted by atomic mass is 33.1. The molecule has 0 aliphatic heterocycles. The van der Waals surface area contributed by atoms with Crippen LogP contribution < -0.4 is 18.9 Å². The molecule has 242 valence electrons. The van der Waals surface area contributed by atoms with E-state index >= 15 is 0 Å². The van der Waals surface area contributed by atoms with Crippen molar-refractivity contribution in [3.05, 3.63) is 118 Å². The Labute approximate surface area is 286 Å². The standard InChI is InChI=1S/C40H52N4S2/c1-9-43-31(3)27-37(28-32(43)4)13-11-35-15-19-39(20-16-35)41(7)23-25-45-46-26-24-42(8)40-21-17-36(18-22-40)12-14-38-29-33(5)44(10-2)34(6)30-38/h11-22,27-30H,9-10,23-26H2,1-8H3/q+2. The van der Waals surface area contributed by atoms with Crippen molar-refractivity contribution in [1.29, 1.82) is 0 Å². The van der Waals surface area contributed by atoms with E-state index in [1.807, 2.05) is 21.6 Å². The van der Waals surface area contributed by atoms with Gasteiger partial charge < -0.3 is 9.80 Å². The topological polar surface area (TPSA) is 14.2 Å². The summed E-state index contributed by atoms with van der Waals surface area (Å²) in [5.41, 5.74) is 12.7. The molecule has 46 heavy (non-hydrogen) atoms. The molecule has 2 heterocycles. The Morgan fingerprint density at radius 1 is 0.500 bits per heavy atom. The van der Waals surface area contributed by atoms with Gasteiger partial charge in [-0.25, -0.2) is 9.13 Å². The number of aromatic nitrogens is 2. The Morgan fingerprint density at radius 3 is 1.11 bits per heavy atom. The molecule has 0 unspecified atom stereocenters. The molecule has 0 saturated heterocycles. The number of aryl methyl sites for hydroxylation is 4. The van der Waals surface area contributed by atoms with Gasteiger partial charge in [-0.2, -0.15) is 0 Å². The fraction of sp³-hybridized carbons (Fsp3) is 0.350. The molecule has 2 aromatic carbocycles. The number of benzene rings is 2. The molecule has 0 saturated carbocycles. The van der Waals surface area contributed by atoms with Crippen LogP contribution in [0, 0.1) is 27.7 Å². The molecular formula is C40H52N4S2+2. The number of hydrogen-bond acceptors (Lipinski definition) is 4. The zero-order chi connectivity index (χ0) is 33.1. The summed E-state index contributed by atoms with van der Waals surface area (Å²) in [5, 5.41) is 0. The molecule has 0 aliphatic rings. The summed E-state index contributed by atoms with van der Waals surface area (Å²) < 4.78 is 4.68. The van der Waals surface area contributed by atoms with Crippen LogP contribution >= 0.6 is 21.6 Å². The highest BCUT2D eigenvalue weighted by molar-refractivity contribution is 8.76. The fourth-order valence-corrected chi connectivity index (χ4v) is 7.98. The second kappa shape index (κ2) is 17.4. The van der Waals surface area contributed by atoms with E-state index in [0.29, 0.717) is 0 Å². The average molecular weight is 653 g/mol. The summed E-state index contributed by atoms with van der Waals surface area (Å²) in [6.45, 7) is 17.2. The molecule has 0 N–H and O–H groups in total. The summed E-state index contributed by atoms with van der Waals surface area (Å²) in [6, 6.07) is 26.8. The van der Waals surface area contributed by atoms with Crippen LogP contribution in [-0.4, -0.2) is 38.7 Å². The molecule has 2 aromatic heterocycles. The van der Waals surface area contributed by atoms with E-state index in [-0.39, 0.29) is 0 Å². The van der Waals surface area contributed by atoms with E-state index in [2.05, 4.69) is 172 Å². The molecular weight excluding hydrogens is 601 g/mol. The molecule has 0 amide bonds. The van der Waals surface area contributed by atoms with Crippen LogP contribution in [0.5, 0.6) is 0 Å². The first-order chi connectivity index (χ1) is 22.2. The predicted molar refractivity (Wildman–Crippen MR) is 206 cm³/mol. The molecule has 0 radical (unpaired) electrons. The van der Waals surface area contributed by atoms with Gasteiger partial charge in [0.2, 0.25) is 0 Å². The van der Waals surface area contributed by atoms with Crippen molar-refractivity contribution in [2.24, 2.45) is 0 Å². The van der Waals surface area contributed by atoms with Crippen molar-refractivity contribution in [2.45, 2.75) is 54.6 Å². The molecule has 4 aromatic rings. The number of anilines is 2. The van der Waals surface area contributed by atoms with E-state index in [0.717, 1.165) is 37.7 Å². The van der Waals surface area contributed by atoms with Gasteiger partial charge in [0.1, 0.15) is 13.1 Å². The van der Waals surface area contributed by atoms with Gasteiger partial charge in [0, 0.05) is 102 Å². The second-order valence-electron chi connectivity index (χ2n) is 12.0. The lowest BCUT2D eigenvalue weighted by Crippen LogP contribution is -2.39. The summed E-state index contributed by atoms with van der Waals surface area (Å²) >= 11 is 0. The van der Waals surface area contributed by atoms with Gasteiger partial charge in [0.05, 0.1) is 0 Å².